The first-order valence-corrected chi connectivity index (χ1v) is 12.4. The smallest absolute Gasteiger partial charge is 0.483 e. The van der Waals surface area contributed by atoms with E-state index < -0.39 is 23.7 Å². The maximum atomic E-state index is 13.2. The number of hydrogen-bond acceptors (Lipinski definition) is 4. The molecule has 0 spiro atoms. The van der Waals surface area contributed by atoms with Crippen molar-refractivity contribution in [2.45, 2.75) is 70.8 Å². The van der Waals surface area contributed by atoms with E-state index in [1.165, 1.54) is 31.4 Å². The van der Waals surface area contributed by atoms with Gasteiger partial charge in [-0.25, -0.2) is 4.79 Å². The van der Waals surface area contributed by atoms with Gasteiger partial charge < -0.3 is 14.2 Å². The Morgan fingerprint density at radius 2 is 1.51 bits per heavy atom. The first-order chi connectivity index (χ1) is 16.6. The number of esters is 1. The second-order valence-electron chi connectivity index (χ2n) is 10.8. The molecule has 2 aromatic rings. The Hall–Kier alpha value is -2.70. The zero-order chi connectivity index (χ0) is 24.8. The van der Waals surface area contributed by atoms with E-state index >= 15 is 0 Å². The number of hydrogen-bond donors (Lipinski definition) is 0. The van der Waals surface area contributed by atoms with Gasteiger partial charge in [0.1, 0.15) is 11.4 Å². The molecule has 0 aliphatic heterocycles. The molecule has 0 aromatic heterocycles. The fraction of sp³-hybridized carbons (Fsp3) is 0.536. The van der Waals surface area contributed by atoms with Gasteiger partial charge in [-0.2, -0.15) is 0 Å². The summed E-state index contributed by atoms with van der Waals surface area (Å²) in [6.45, 7) is 4.04. The summed E-state index contributed by atoms with van der Waals surface area (Å²) in [6.07, 6.45) is 2.63. The van der Waals surface area contributed by atoms with Gasteiger partial charge in [0.05, 0.1) is 5.56 Å². The molecule has 4 saturated carbocycles. The van der Waals surface area contributed by atoms with Gasteiger partial charge in [0.2, 0.25) is 0 Å². The Morgan fingerprint density at radius 3 is 2.06 bits per heavy atom. The van der Waals surface area contributed by atoms with E-state index in [9.17, 15) is 18.0 Å². The van der Waals surface area contributed by atoms with E-state index in [4.69, 9.17) is 9.47 Å². The van der Waals surface area contributed by atoms with Crippen LogP contribution in [0.25, 0.3) is 0 Å². The molecule has 4 aliphatic rings. The number of halogens is 3. The summed E-state index contributed by atoms with van der Waals surface area (Å²) in [6, 6.07) is 12.3. The Kier molecular flexibility index (Phi) is 6.01. The highest BCUT2D eigenvalue weighted by atomic mass is 19.4. The molecule has 0 saturated heterocycles. The van der Waals surface area contributed by atoms with Crippen molar-refractivity contribution in [3.05, 3.63) is 54.1 Å². The van der Waals surface area contributed by atoms with Crippen LogP contribution in [0.3, 0.4) is 0 Å². The molecule has 188 valence electrons. The zero-order valence-corrected chi connectivity index (χ0v) is 20.1. The summed E-state index contributed by atoms with van der Waals surface area (Å²) in [5.74, 6) is 1.13. The van der Waals surface area contributed by atoms with Crippen molar-refractivity contribution in [2.75, 3.05) is 0 Å². The summed E-state index contributed by atoms with van der Waals surface area (Å²) in [7, 11) is 0. The monoisotopic (exact) mass is 488 g/mol. The maximum Gasteiger partial charge on any atom is 0.573 e. The third kappa shape index (κ3) is 4.74. The number of benzene rings is 2. The first kappa shape index (κ1) is 24.0. The summed E-state index contributed by atoms with van der Waals surface area (Å²) < 4.78 is 55.9. The zero-order valence-electron chi connectivity index (χ0n) is 20.1. The van der Waals surface area contributed by atoms with Crippen LogP contribution < -0.4 is 14.2 Å². The Morgan fingerprint density at radius 1 is 0.914 bits per heavy atom. The van der Waals surface area contributed by atoms with Crippen LogP contribution in [0.4, 0.5) is 13.2 Å². The normalized spacial score (nSPS) is 28.9. The molecule has 4 bridgehead atoms. The van der Waals surface area contributed by atoms with Crippen molar-refractivity contribution in [1.29, 1.82) is 0 Å². The van der Waals surface area contributed by atoms with Gasteiger partial charge in [-0.3, -0.25) is 0 Å². The highest BCUT2D eigenvalue weighted by Gasteiger charge is 2.59. The second-order valence-corrected chi connectivity index (χ2v) is 10.8. The molecule has 4 aliphatic carbocycles. The molecule has 0 amide bonds. The molecule has 0 radical (unpaired) electrons. The lowest BCUT2D eigenvalue weighted by Crippen LogP contribution is -2.59. The summed E-state index contributed by atoms with van der Waals surface area (Å²) in [4.78, 5) is 12.8. The van der Waals surface area contributed by atoms with Crippen molar-refractivity contribution in [1.82, 2.24) is 0 Å². The predicted molar refractivity (Wildman–Crippen MR) is 124 cm³/mol. The van der Waals surface area contributed by atoms with Gasteiger partial charge >= 0.3 is 12.3 Å². The molecule has 7 heteroatoms. The van der Waals surface area contributed by atoms with Gasteiger partial charge in [-0.15, -0.1) is 13.2 Å². The van der Waals surface area contributed by atoms with E-state index in [0.29, 0.717) is 29.9 Å². The van der Waals surface area contributed by atoms with Crippen LogP contribution in [0.1, 0.15) is 69.2 Å². The van der Waals surface area contributed by atoms with Gasteiger partial charge in [-0.05, 0) is 100.0 Å². The Bertz CT molecular complexity index is 1050. The fourth-order valence-corrected chi connectivity index (χ4v) is 7.13. The molecule has 1 unspecified atom stereocenters. The third-order valence-corrected chi connectivity index (χ3v) is 8.53. The number of rotatable bonds is 7. The van der Waals surface area contributed by atoms with Crippen LogP contribution >= 0.6 is 0 Å². The van der Waals surface area contributed by atoms with Crippen LogP contribution in [0, 0.1) is 23.2 Å². The molecule has 2 aromatic carbocycles. The average molecular weight is 489 g/mol. The largest absolute Gasteiger partial charge is 0.573 e. The van der Waals surface area contributed by atoms with E-state index in [2.05, 4.69) is 4.74 Å². The lowest BCUT2D eigenvalue weighted by Gasteiger charge is -2.62. The number of carbonyl (C=O) groups excluding carboxylic acids is 1. The highest BCUT2D eigenvalue weighted by Crippen LogP contribution is 2.65. The van der Waals surface area contributed by atoms with Crippen molar-refractivity contribution in [2.24, 2.45) is 23.2 Å². The summed E-state index contributed by atoms with van der Waals surface area (Å²) in [5, 5.41) is 0. The minimum Gasteiger partial charge on any atom is -0.483 e. The average Bonchev–Trinajstić information content (AvgIpc) is 2.79. The van der Waals surface area contributed by atoms with E-state index in [1.807, 2.05) is 13.8 Å². The highest BCUT2D eigenvalue weighted by molar-refractivity contribution is 5.91. The maximum absolute atomic E-state index is 13.2. The fourth-order valence-electron chi connectivity index (χ4n) is 7.13. The van der Waals surface area contributed by atoms with E-state index in [0.717, 1.165) is 25.3 Å². The van der Waals surface area contributed by atoms with Crippen molar-refractivity contribution in [3.63, 3.8) is 0 Å². The predicted octanol–water partition coefficient (Wildman–Crippen LogP) is 7.57. The lowest BCUT2D eigenvalue weighted by molar-refractivity contribution is -0.275. The first-order valence-electron chi connectivity index (χ1n) is 12.4. The van der Waals surface area contributed by atoms with Crippen molar-refractivity contribution in [3.8, 4) is 17.2 Å². The molecule has 6 rings (SSSR count). The van der Waals surface area contributed by atoms with E-state index in [-0.39, 0.29) is 16.7 Å². The van der Waals surface area contributed by atoms with Gasteiger partial charge in [-0.1, -0.05) is 25.1 Å². The molecule has 1 atom stereocenters. The van der Waals surface area contributed by atoms with Crippen molar-refractivity contribution < 1.29 is 32.2 Å². The molecule has 0 heterocycles. The van der Waals surface area contributed by atoms with E-state index in [1.54, 1.807) is 30.3 Å². The molecular formula is C28H31F3O4. The van der Waals surface area contributed by atoms with Crippen LogP contribution in [0.15, 0.2) is 48.5 Å². The topological polar surface area (TPSA) is 44.8 Å². The number of para-hydroxylation sites is 1. The van der Waals surface area contributed by atoms with Crippen LogP contribution in [0.5, 0.6) is 17.2 Å². The number of ether oxygens (including phenoxy) is 3. The molecule has 4 fully saturated rings. The Balaban J connectivity index is 1.47. The summed E-state index contributed by atoms with van der Waals surface area (Å²) >= 11 is 0. The lowest BCUT2D eigenvalue weighted by atomic mass is 9.45. The minimum atomic E-state index is -4.88. The molecular weight excluding hydrogens is 457 g/mol. The molecule has 35 heavy (non-hydrogen) atoms. The second kappa shape index (κ2) is 8.75. The quantitative estimate of drug-likeness (QED) is 0.298. The third-order valence-electron chi connectivity index (χ3n) is 8.53. The van der Waals surface area contributed by atoms with Crippen LogP contribution in [-0.4, -0.2) is 17.9 Å². The van der Waals surface area contributed by atoms with Gasteiger partial charge in [0, 0.05) is 5.41 Å². The number of carbonyl (C=O) groups is 1. The van der Waals surface area contributed by atoms with Gasteiger partial charge in [0.25, 0.3) is 0 Å². The van der Waals surface area contributed by atoms with Crippen molar-refractivity contribution >= 4 is 5.97 Å². The van der Waals surface area contributed by atoms with Gasteiger partial charge in [0.15, 0.2) is 11.5 Å². The number of alkyl halides is 3. The Labute approximate surface area is 203 Å². The van der Waals surface area contributed by atoms with Crippen LogP contribution in [-0.2, 0) is 0 Å². The van der Waals surface area contributed by atoms with Crippen LogP contribution in [0.2, 0.25) is 0 Å². The SMILES string of the molecule is CCC(C)(Oc1cc(C(=O)Oc2ccccc2)ccc1OC(F)(F)F)C12CC3CC(CC(C3)C1)C2. The molecule has 0 N–H and O–H groups in total. The minimum absolute atomic E-state index is 0.0788. The molecule has 4 nitrogen and oxygen atoms in total. The summed E-state index contributed by atoms with van der Waals surface area (Å²) in [5.41, 5.74) is -0.677. The standard InChI is InChI=1S/C28H31F3O4/c1-3-26(2,27-15-18-11-19(16-27)13-20(12-18)17-27)34-24-14-21(9-10-23(24)35-28(29,30)31)25(32)33-22-7-5-4-6-8-22/h4-10,14,18-20H,3,11-13,15-17H2,1-2H3.